The second-order valence-electron chi connectivity index (χ2n) is 4.22. The van der Waals surface area contributed by atoms with Gasteiger partial charge in [0.1, 0.15) is 11.6 Å². The number of nitrogens with one attached hydrogen (secondary N) is 2. The Morgan fingerprint density at radius 1 is 1.12 bits per heavy atom. The van der Waals surface area contributed by atoms with Gasteiger partial charge in [0.15, 0.2) is 0 Å². The smallest absolute Gasteiger partial charge is 0.128 e. The summed E-state index contributed by atoms with van der Waals surface area (Å²) in [4.78, 5) is 4.40. The van der Waals surface area contributed by atoms with Gasteiger partial charge in [-0.15, -0.1) is 0 Å². The van der Waals surface area contributed by atoms with Crippen molar-refractivity contribution in [1.29, 1.82) is 0 Å². The summed E-state index contributed by atoms with van der Waals surface area (Å²) in [7, 11) is 0. The lowest BCUT2D eigenvalue weighted by Gasteiger charge is -2.25. The Balaban J connectivity index is 2.59. The summed E-state index contributed by atoms with van der Waals surface area (Å²) in [6.45, 7) is 7.41. The van der Waals surface area contributed by atoms with Gasteiger partial charge in [0.05, 0.1) is 5.60 Å². The van der Waals surface area contributed by atoms with Crippen LogP contribution >= 0.6 is 0 Å². The van der Waals surface area contributed by atoms with Crippen LogP contribution in [0.1, 0.15) is 33.6 Å². The van der Waals surface area contributed by atoms with E-state index in [9.17, 15) is 5.11 Å². The number of hydrogen-bond donors (Lipinski definition) is 3. The first-order chi connectivity index (χ1) is 8.13. The highest BCUT2D eigenvalue weighted by Crippen LogP contribution is 2.16. The van der Waals surface area contributed by atoms with Gasteiger partial charge in [0.25, 0.3) is 0 Å². The molecule has 17 heavy (non-hydrogen) atoms. The summed E-state index contributed by atoms with van der Waals surface area (Å²) in [5.74, 6) is 1.65. The van der Waals surface area contributed by atoms with Gasteiger partial charge in [-0.05, 0) is 31.9 Å². The molecule has 0 aromatic carbocycles. The first-order valence-corrected chi connectivity index (χ1v) is 6.30. The second kappa shape index (κ2) is 6.45. The van der Waals surface area contributed by atoms with Crippen LogP contribution in [0.3, 0.4) is 0 Å². The van der Waals surface area contributed by atoms with Crippen molar-refractivity contribution in [2.75, 3.05) is 23.7 Å². The summed E-state index contributed by atoms with van der Waals surface area (Å²) in [6, 6.07) is 5.79. The Morgan fingerprint density at radius 3 is 2.24 bits per heavy atom. The predicted molar refractivity (Wildman–Crippen MR) is 72.4 cm³/mol. The van der Waals surface area contributed by atoms with Crippen molar-refractivity contribution in [3.8, 4) is 0 Å². The van der Waals surface area contributed by atoms with E-state index in [2.05, 4.69) is 15.6 Å². The third-order valence-electron chi connectivity index (χ3n) is 3.02. The largest absolute Gasteiger partial charge is 0.388 e. The zero-order chi connectivity index (χ0) is 12.7. The maximum absolute atomic E-state index is 10.2. The van der Waals surface area contributed by atoms with Crippen LogP contribution in [0.2, 0.25) is 0 Å². The van der Waals surface area contributed by atoms with Crippen molar-refractivity contribution in [3.05, 3.63) is 18.2 Å². The Labute approximate surface area is 103 Å². The number of rotatable bonds is 7. The molecule has 0 amide bonds. The van der Waals surface area contributed by atoms with Gasteiger partial charge >= 0.3 is 0 Å². The van der Waals surface area contributed by atoms with E-state index >= 15 is 0 Å². The lowest BCUT2D eigenvalue weighted by Crippen LogP contribution is -2.35. The fourth-order valence-corrected chi connectivity index (χ4v) is 1.57. The molecule has 0 spiro atoms. The van der Waals surface area contributed by atoms with E-state index in [1.54, 1.807) is 0 Å². The monoisotopic (exact) mass is 237 g/mol. The number of pyridine rings is 1. The van der Waals surface area contributed by atoms with Gasteiger partial charge in [0, 0.05) is 13.1 Å². The normalized spacial score (nSPS) is 11.3. The summed E-state index contributed by atoms with van der Waals surface area (Å²) >= 11 is 0. The molecule has 1 heterocycles. The van der Waals surface area contributed by atoms with Crippen molar-refractivity contribution in [2.45, 2.75) is 39.2 Å². The molecule has 96 valence electrons. The molecule has 1 rings (SSSR count). The average Bonchev–Trinajstić information content (AvgIpc) is 2.37. The minimum absolute atomic E-state index is 0.530. The average molecular weight is 237 g/mol. The second-order valence-corrected chi connectivity index (χ2v) is 4.22. The molecule has 1 aromatic heterocycles. The molecule has 1 aromatic rings. The molecule has 0 aliphatic rings. The minimum atomic E-state index is -0.643. The molecule has 0 unspecified atom stereocenters. The van der Waals surface area contributed by atoms with E-state index in [-0.39, 0.29) is 0 Å². The number of nitrogens with zero attached hydrogens (tertiary/aromatic N) is 1. The molecule has 0 aliphatic heterocycles. The summed E-state index contributed by atoms with van der Waals surface area (Å²) in [5, 5.41) is 16.5. The van der Waals surface area contributed by atoms with Crippen molar-refractivity contribution >= 4 is 11.6 Å². The van der Waals surface area contributed by atoms with Crippen LogP contribution in [0.25, 0.3) is 0 Å². The molecular weight excluding hydrogens is 214 g/mol. The maximum Gasteiger partial charge on any atom is 0.128 e. The fraction of sp³-hybridized carbons (Fsp3) is 0.615. The van der Waals surface area contributed by atoms with Crippen molar-refractivity contribution in [1.82, 2.24) is 4.98 Å². The van der Waals surface area contributed by atoms with Crippen LogP contribution in [-0.4, -0.2) is 28.8 Å². The summed E-state index contributed by atoms with van der Waals surface area (Å²) in [5.41, 5.74) is -0.643. The highest BCUT2D eigenvalue weighted by molar-refractivity contribution is 5.45. The van der Waals surface area contributed by atoms with Gasteiger partial charge < -0.3 is 15.7 Å². The molecule has 0 saturated carbocycles. The van der Waals surface area contributed by atoms with Gasteiger partial charge in [-0.1, -0.05) is 19.9 Å². The Kier molecular flexibility index (Phi) is 5.22. The van der Waals surface area contributed by atoms with Gasteiger partial charge in [-0.2, -0.15) is 0 Å². The lowest BCUT2D eigenvalue weighted by atomic mass is 9.98. The van der Waals surface area contributed by atoms with Crippen LogP contribution in [0.4, 0.5) is 11.6 Å². The van der Waals surface area contributed by atoms with Crippen molar-refractivity contribution in [2.24, 2.45) is 0 Å². The number of anilines is 2. The third-order valence-corrected chi connectivity index (χ3v) is 3.02. The molecule has 4 nitrogen and oxygen atoms in total. The number of hydrogen-bond acceptors (Lipinski definition) is 4. The molecule has 0 bridgehead atoms. The minimum Gasteiger partial charge on any atom is -0.388 e. The quantitative estimate of drug-likeness (QED) is 0.682. The van der Waals surface area contributed by atoms with E-state index in [4.69, 9.17) is 0 Å². The van der Waals surface area contributed by atoms with Crippen LogP contribution in [-0.2, 0) is 0 Å². The molecule has 0 saturated heterocycles. The van der Waals surface area contributed by atoms with E-state index in [0.29, 0.717) is 6.54 Å². The topological polar surface area (TPSA) is 57.2 Å². The Bertz CT molecular complexity index is 337. The first-order valence-electron chi connectivity index (χ1n) is 6.30. The third kappa shape index (κ3) is 4.23. The van der Waals surface area contributed by atoms with Crippen LogP contribution in [0, 0.1) is 0 Å². The van der Waals surface area contributed by atoms with Gasteiger partial charge in [0.2, 0.25) is 0 Å². The van der Waals surface area contributed by atoms with Crippen LogP contribution in [0.5, 0.6) is 0 Å². The highest BCUT2D eigenvalue weighted by Gasteiger charge is 2.21. The zero-order valence-corrected chi connectivity index (χ0v) is 11.0. The molecule has 0 aliphatic carbocycles. The number of aromatic nitrogens is 1. The first kappa shape index (κ1) is 13.8. The van der Waals surface area contributed by atoms with Gasteiger partial charge in [-0.3, -0.25) is 0 Å². The van der Waals surface area contributed by atoms with Crippen molar-refractivity contribution in [3.63, 3.8) is 0 Å². The number of aliphatic hydroxyl groups is 1. The van der Waals surface area contributed by atoms with Gasteiger partial charge in [-0.25, -0.2) is 4.98 Å². The summed E-state index contributed by atoms with van der Waals surface area (Å²) < 4.78 is 0. The Hall–Kier alpha value is -1.29. The molecular formula is C13H23N3O. The molecule has 0 atom stereocenters. The van der Waals surface area contributed by atoms with E-state index in [1.807, 2.05) is 39.0 Å². The van der Waals surface area contributed by atoms with E-state index < -0.39 is 5.60 Å². The molecule has 4 heteroatoms. The molecule has 0 fully saturated rings. The zero-order valence-electron chi connectivity index (χ0n) is 11.0. The van der Waals surface area contributed by atoms with Crippen LogP contribution in [0.15, 0.2) is 18.2 Å². The van der Waals surface area contributed by atoms with Crippen LogP contribution < -0.4 is 10.6 Å². The molecule has 0 radical (unpaired) electrons. The van der Waals surface area contributed by atoms with E-state index in [1.165, 1.54) is 0 Å². The van der Waals surface area contributed by atoms with E-state index in [0.717, 1.165) is 31.0 Å². The highest BCUT2D eigenvalue weighted by atomic mass is 16.3. The predicted octanol–water partition coefficient (Wildman–Crippen LogP) is 2.48. The lowest BCUT2D eigenvalue weighted by molar-refractivity contribution is 0.0456. The molecule has 3 N–H and O–H groups in total. The fourth-order valence-electron chi connectivity index (χ4n) is 1.57. The summed E-state index contributed by atoms with van der Waals surface area (Å²) in [6.07, 6.45) is 1.48. The SMILES string of the molecule is CCNc1cccc(NCC(O)(CC)CC)n1. The maximum atomic E-state index is 10.2. The Morgan fingerprint density at radius 2 is 1.71 bits per heavy atom. The standard InChI is InChI=1S/C13H23N3O/c1-4-13(17,5-2)10-15-12-9-7-8-11(16-12)14-6-3/h7-9,17H,4-6,10H2,1-3H3,(H2,14,15,16). The van der Waals surface area contributed by atoms with Crippen molar-refractivity contribution < 1.29 is 5.11 Å².